The molecule has 4 aromatic rings. The van der Waals surface area contributed by atoms with E-state index in [9.17, 15) is 19.2 Å². The summed E-state index contributed by atoms with van der Waals surface area (Å²) >= 11 is 11.5. The zero-order chi connectivity index (χ0) is 28.8. The van der Waals surface area contributed by atoms with E-state index < -0.39 is 23.0 Å². The van der Waals surface area contributed by atoms with Crippen molar-refractivity contribution in [3.05, 3.63) is 102 Å². The largest absolute Gasteiger partial charge is 0.496 e. The summed E-state index contributed by atoms with van der Waals surface area (Å²) in [6.07, 6.45) is 0. The molecule has 41 heavy (non-hydrogen) atoms. The highest BCUT2D eigenvalue weighted by atomic mass is 79.9. The Morgan fingerprint density at radius 3 is 2.41 bits per heavy atom. The van der Waals surface area contributed by atoms with E-state index in [1.807, 2.05) is 18.2 Å². The van der Waals surface area contributed by atoms with Crippen LogP contribution in [0.4, 0.5) is 11.4 Å². The molecule has 3 amide bonds. The van der Waals surface area contributed by atoms with E-state index in [-0.39, 0.29) is 23.2 Å². The number of aromatic nitrogens is 1. The Morgan fingerprint density at radius 1 is 1.00 bits per heavy atom. The fraction of sp³-hybridized carbons (Fsp3) is 0.172. The third-order valence-corrected chi connectivity index (χ3v) is 10.4. The second-order valence-corrected chi connectivity index (χ2v) is 12.9. The zero-order valence-corrected chi connectivity index (χ0v) is 25.4. The van der Waals surface area contributed by atoms with Gasteiger partial charge in [0.1, 0.15) is 17.5 Å². The Bertz CT molecular complexity index is 1740. The predicted octanol–water partition coefficient (Wildman–Crippen LogP) is 5.77. The number of thiazole rings is 1. The predicted molar refractivity (Wildman–Crippen MR) is 163 cm³/mol. The molecule has 208 valence electrons. The number of rotatable bonds is 6. The number of carbonyl (C=O) groups is 3. The molecule has 1 fully saturated rings. The number of imide groups is 1. The highest BCUT2D eigenvalue weighted by molar-refractivity contribution is 9.10. The zero-order valence-electron chi connectivity index (χ0n) is 21.4. The Morgan fingerprint density at radius 2 is 1.71 bits per heavy atom. The number of para-hydroxylation sites is 1. The number of nitrogens with one attached hydrogen (secondary N) is 1. The van der Waals surface area contributed by atoms with Crippen LogP contribution in [0, 0.1) is 5.92 Å². The van der Waals surface area contributed by atoms with Crippen molar-refractivity contribution in [3.63, 3.8) is 0 Å². The minimum absolute atomic E-state index is 0.255. The maximum absolute atomic E-state index is 14.0. The summed E-state index contributed by atoms with van der Waals surface area (Å²) in [5, 5.41) is 3.02. The van der Waals surface area contributed by atoms with E-state index in [4.69, 9.17) is 16.3 Å². The molecule has 12 heteroatoms. The number of carbonyl (C=O) groups excluding carboxylic acids is 3. The number of methoxy groups -OCH3 is 1. The fourth-order valence-electron chi connectivity index (χ4n) is 5.24. The van der Waals surface area contributed by atoms with Gasteiger partial charge in [-0.05, 0) is 54.6 Å². The summed E-state index contributed by atoms with van der Waals surface area (Å²) in [4.78, 5) is 55.7. The SMILES string of the molecule is COc1ccccc1C1c2sc(=O)n(CC(=O)Nc3ccc(Cl)cc3)c2SC2C(=O)N(c3ccc(Br)cc3)C(=O)C21. The first-order chi connectivity index (χ1) is 19.8. The first-order valence-electron chi connectivity index (χ1n) is 12.5. The van der Waals surface area contributed by atoms with Crippen molar-refractivity contribution in [2.75, 3.05) is 17.3 Å². The lowest BCUT2D eigenvalue weighted by atomic mass is 9.82. The van der Waals surface area contributed by atoms with Gasteiger partial charge >= 0.3 is 4.87 Å². The first-order valence-corrected chi connectivity index (χ1v) is 15.4. The van der Waals surface area contributed by atoms with Crippen LogP contribution in [0.15, 0.2) is 87.1 Å². The first kappa shape index (κ1) is 27.8. The van der Waals surface area contributed by atoms with E-state index in [1.54, 1.807) is 61.7 Å². The normalized spacial score (nSPS) is 19.6. The van der Waals surface area contributed by atoms with E-state index in [2.05, 4.69) is 21.2 Å². The van der Waals surface area contributed by atoms with Gasteiger partial charge in [0.2, 0.25) is 17.7 Å². The minimum atomic E-state index is -0.798. The quantitative estimate of drug-likeness (QED) is 0.262. The summed E-state index contributed by atoms with van der Waals surface area (Å²) in [5.74, 6) is -1.96. The second-order valence-electron chi connectivity index (χ2n) is 9.45. The third-order valence-electron chi connectivity index (χ3n) is 7.04. The number of ether oxygens (including phenoxy) is 1. The molecule has 1 saturated heterocycles. The number of nitrogens with zero attached hydrogens (tertiary/aromatic N) is 2. The van der Waals surface area contributed by atoms with Crippen LogP contribution in [0.1, 0.15) is 16.4 Å². The molecule has 1 N–H and O–H groups in total. The summed E-state index contributed by atoms with van der Waals surface area (Å²) < 4.78 is 7.85. The van der Waals surface area contributed by atoms with Crippen LogP contribution in [0.5, 0.6) is 5.75 Å². The average Bonchev–Trinajstić information content (AvgIpc) is 3.41. The van der Waals surface area contributed by atoms with Crippen molar-refractivity contribution >= 4 is 79.7 Å². The molecule has 0 saturated carbocycles. The maximum Gasteiger partial charge on any atom is 0.308 e. The van der Waals surface area contributed by atoms with Gasteiger partial charge in [0.25, 0.3) is 0 Å². The number of halogens is 2. The Balaban J connectivity index is 1.43. The van der Waals surface area contributed by atoms with Crippen molar-refractivity contribution in [1.29, 1.82) is 0 Å². The number of hydrogen-bond acceptors (Lipinski definition) is 7. The highest BCUT2D eigenvalue weighted by Gasteiger charge is 2.57. The van der Waals surface area contributed by atoms with Crippen LogP contribution in [0.2, 0.25) is 5.02 Å². The number of benzene rings is 3. The van der Waals surface area contributed by atoms with Gasteiger partial charge in [-0.15, -0.1) is 0 Å². The lowest BCUT2D eigenvalue weighted by Crippen LogP contribution is -2.33. The molecule has 2 aliphatic rings. The summed E-state index contributed by atoms with van der Waals surface area (Å²) in [7, 11) is 1.54. The van der Waals surface area contributed by atoms with Gasteiger partial charge in [0, 0.05) is 31.5 Å². The molecule has 1 aromatic heterocycles. The lowest BCUT2D eigenvalue weighted by molar-refractivity contribution is -0.122. The van der Waals surface area contributed by atoms with Gasteiger partial charge in [-0.1, -0.05) is 68.8 Å². The third kappa shape index (κ3) is 5.01. The van der Waals surface area contributed by atoms with Gasteiger partial charge in [-0.2, -0.15) is 0 Å². The minimum Gasteiger partial charge on any atom is -0.496 e. The Hall–Kier alpha value is -3.38. The van der Waals surface area contributed by atoms with E-state index in [1.165, 1.54) is 9.47 Å². The van der Waals surface area contributed by atoms with Gasteiger partial charge in [-0.25, -0.2) is 4.90 Å². The van der Waals surface area contributed by atoms with Crippen molar-refractivity contribution in [2.45, 2.75) is 22.7 Å². The standard InChI is InChI=1S/C29H21BrClN3O5S2/c1-39-20-5-3-2-4-19(20)22-23-24(27(37)34(26(23)36)18-12-6-15(30)7-13-18)40-28-25(22)41-29(38)33(28)14-21(35)32-17-10-8-16(31)9-11-17/h2-13,22-24H,14H2,1H3,(H,32,35). The molecule has 0 spiro atoms. The smallest absolute Gasteiger partial charge is 0.308 e. The van der Waals surface area contributed by atoms with Gasteiger partial charge in [0.05, 0.1) is 23.7 Å². The summed E-state index contributed by atoms with van der Waals surface area (Å²) in [5.41, 5.74) is 1.71. The second kappa shape index (κ2) is 11.1. The van der Waals surface area contributed by atoms with Crippen LogP contribution in [-0.2, 0) is 20.9 Å². The molecular weight excluding hydrogens is 650 g/mol. The Labute approximate surface area is 256 Å². The molecule has 3 aromatic carbocycles. The van der Waals surface area contributed by atoms with E-state index in [0.29, 0.717) is 37.6 Å². The molecule has 0 bridgehead atoms. The molecule has 3 heterocycles. The number of thioether (sulfide) groups is 1. The van der Waals surface area contributed by atoms with Gasteiger partial charge in [-0.3, -0.25) is 23.7 Å². The number of amides is 3. The lowest BCUT2D eigenvalue weighted by Gasteiger charge is -2.31. The number of anilines is 2. The van der Waals surface area contributed by atoms with Gasteiger partial charge < -0.3 is 10.1 Å². The number of fused-ring (bicyclic) bond motifs is 2. The number of hydrogen-bond donors (Lipinski definition) is 1. The van der Waals surface area contributed by atoms with Crippen molar-refractivity contribution in [1.82, 2.24) is 4.57 Å². The fourth-order valence-corrected chi connectivity index (χ4v) is 8.39. The van der Waals surface area contributed by atoms with E-state index in [0.717, 1.165) is 27.6 Å². The molecule has 3 atom stereocenters. The molecule has 8 nitrogen and oxygen atoms in total. The maximum atomic E-state index is 14.0. The van der Waals surface area contributed by atoms with Crippen molar-refractivity contribution in [2.24, 2.45) is 5.92 Å². The van der Waals surface area contributed by atoms with Gasteiger partial charge in [0.15, 0.2) is 0 Å². The van der Waals surface area contributed by atoms with Crippen LogP contribution in [0.25, 0.3) is 0 Å². The van der Waals surface area contributed by atoms with Crippen LogP contribution < -0.4 is 19.8 Å². The van der Waals surface area contributed by atoms with E-state index >= 15 is 0 Å². The molecule has 2 aliphatic heterocycles. The average molecular weight is 671 g/mol. The molecule has 0 radical (unpaired) electrons. The topological polar surface area (TPSA) is 97.7 Å². The highest BCUT2D eigenvalue weighted by Crippen LogP contribution is 2.55. The Kier molecular flexibility index (Phi) is 7.54. The van der Waals surface area contributed by atoms with Crippen molar-refractivity contribution in [3.8, 4) is 5.75 Å². The van der Waals surface area contributed by atoms with Crippen LogP contribution >= 0.6 is 50.6 Å². The monoisotopic (exact) mass is 669 g/mol. The molecular formula is C29H21BrClN3O5S2. The van der Waals surface area contributed by atoms with Crippen LogP contribution in [-0.4, -0.2) is 34.6 Å². The van der Waals surface area contributed by atoms with Crippen LogP contribution in [0.3, 0.4) is 0 Å². The molecule has 3 unspecified atom stereocenters. The van der Waals surface area contributed by atoms with Crippen molar-refractivity contribution < 1.29 is 19.1 Å². The summed E-state index contributed by atoms with van der Waals surface area (Å²) in [6.45, 7) is -0.255. The summed E-state index contributed by atoms with van der Waals surface area (Å²) in [6, 6.07) is 20.9. The molecule has 6 rings (SSSR count). The molecule has 0 aliphatic carbocycles.